The Balaban J connectivity index is 2.13. The first-order valence-corrected chi connectivity index (χ1v) is 8.31. The third-order valence-corrected chi connectivity index (χ3v) is 5.75. The van der Waals surface area contributed by atoms with Gasteiger partial charge in [0.1, 0.15) is 0 Å². The molecule has 1 aliphatic rings. The van der Waals surface area contributed by atoms with Gasteiger partial charge in [-0.15, -0.1) is 0 Å². The quantitative estimate of drug-likeness (QED) is 0.865. The Bertz CT molecular complexity index is 735. The molecule has 0 spiro atoms. The van der Waals surface area contributed by atoms with Gasteiger partial charge in [0.25, 0.3) is 0 Å². The zero-order valence-electron chi connectivity index (χ0n) is 11.2. The molecule has 0 radical (unpaired) electrons. The molecule has 0 unspecified atom stereocenters. The summed E-state index contributed by atoms with van der Waals surface area (Å²) in [6.45, 7) is 1.24. The smallest absolute Gasteiger partial charge is 0.243 e. The fraction of sp³-hybridized carbons (Fsp3) is 0.333. The number of hydrogen-bond acceptors (Lipinski definition) is 3. The Hall–Kier alpha value is -1.59. The van der Waals surface area contributed by atoms with Crippen LogP contribution in [0.3, 0.4) is 0 Å². The monoisotopic (exact) mass is 290 g/mol. The lowest BCUT2D eigenvalue weighted by atomic mass is 10.1. The van der Waals surface area contributed by atoms with Crippen LogP contribution in [0.5, 0.6) is 0 Å². The molecule has 0 bridgehead atoms. The minimum atomic E-state index is -3.41. The molecule has 2 N–H and O–H groups in total. The largest absolute Gasteiger partial charge is 0.399 e. The van der Waals surface area contributed by atoms with Crippen LogP contribution in [0.15, 0.2) is 41.3 Å². The molecule has 4 nitrogen and oxygen atoms in total. The summed E-state index contributed by atoms with van der Waals surface area (Å²) < 4.78 is 27.2. The van der Waals surface area contributed by atoms with Gasteiger partial charge in [-0.2, -0.15) is 4.31 Å². The van der Waals surface area contributed by atoms with Crippen LogP contribution in [0, 0.1) is 0 Å². The molecule has 106 valence electrons. The van der Waals surface area contributed by atoms with Crippen LogP contribution in [-0.4, -0.2) is 25.8 Å². The summed E-state index contributed by atoms with van der Waals surface area (Å²) in [6, 6.07) is 10.7. The molecule has 0 saturated carbocycles. The second-order valence-electron chi connectivity index (χ2n) is 5.20. The van der Waals surface area contributed by atoms with E-state index >= 15 is 0 Å². The lowest BCUT2D eigenvalue weighted by Gasteiger charge is -2.26. The van der Waals surface area contributed by atoms with Crippen molar-refractivity contribution in [3.05, 3.63) is 36.4 Å². The van der Waals surface area contributed by atoms with Crippen LogP contribution in [0.1, 0.15) is 19.3 Å². The minimum Gasteiger partial charge on any atom is -0.399 e. The van der Waals surface area contributed by atoms with Crippen LogP contribution in [0.4, 0.5) is 5.69 Å². The molecule has 0 aliphatic carbocycles. The Morgan fingerprint density at radius 2 is 1.75 bits per heavy atom. The number of nitrogens with zero attached hydrogens (tertiary/aromatic N) is 1. The topological polar surface area (TPSA) is 63.4 Å². The summed E-state index contributed by atoms with van der Waals surface area (Å²) in [5, 5.41) is 1.61. The van der Waals surface area contributed by atoms with Crippen LogP contribution < -0.4 is 5.73 Å². The summed E-state index contributed by atoms with van der Waals surface area (Å²) in [6.07, 6.45) is 2.99. The molecule has 0 aromatic heterocycles. The predicted molar refractivity (Wildman–Crippen MR) is 81.0 cm³/mol. The van der Waals surface area contributed by atoms with E-state index in [1.165, 1.54) is 0 Å². The molecule has 1 saturated heterocycles. The van der Waals surface area contributed by atoms with E-state index in [2.05, 4.69) is 0 Å². The summed E-state index contributed by atoms with van der Waals surface area (Å²) in [4.78, 5) is 0.386. The van der Waals surface area contributed by atoms with E-state index in [0.29, 0.717) is 23.7 Å². The average Bonchev–Trinajstić information content (AvgIpc) is 2.47. The first-order chi connectivity index (χ1) is 9.59. The second kappa shape index (κ2) is 5.07. The highest BCUT2D eigenvalue weighted by Crippen LogP contribution is 2.28. The lowest BCUT2D eigenvalue weighted by Crippen LogP contribution is -2.35. The van der Waals surface area contributed by atoms with E-state index < -0.39 is 10.0 Å². The number of rotatable bonds is 2. The third-order valence-electron chi connectivity index (χ3n) is 3.80. The second-order valence-corrected chi connectivity index (χ2v) is 7.11. The Labute approximate surface area is 119 Å². The van der Waals surface area contributed by atoms with Crippen LogP contribution >= 0.6 is 0 Å². The molecule has 0 amide bonds. The molecule has 0 atom stereocenters. The highest BCUT2D eigenvalue weighted by molar-refractivity contribution is 7.89. The third kappa shape index (κ3) is 2.27. The van der Waals surface area contributed by atoms with E-state index in [0.717, 1.165) is 30.0 Å². The first-order valence-electron chi connectivity index (χ1n) is 6.87. The molecule has 2 aromatic rings. The number of anilines is 1. The van der Waals surface area contributed by atoms with Crippen molar-refractivity contribution in [1.29, 1.82) is 0 Å². The summed E-state index contributed by atoms with van der Waals surface area (Å²) in [5.41, 5.74) is 6.41. The summed E-state index contributed by atoms with van der Waals surface area (Å²) in [5.74, 6) is 0. The van der Waals surface area contributed by atoms with Gasteiger partial charge in [-0.1, -0.05) is 24.6 Å². The number of nitrogens with two attached hydrogens (primary N) is 1. The van der Waals surface area contributed by atoms with E-state index in [1.807, 2.05) is 12.1 Å². The van der Waals surface area contributed by atoms with E-state index in [9.17, 15) is 8.42 Å². The van der Waals surface area contributed by atoms with Gasteiger partial charge in [0.05, 0.1) is 4.90 Å². The maximum atomic E-state index is 12.8. The molecule has 5 heteroatoms. The van der Waals surface area contributed by atoms with Gasteiger partial charge in [0.15, 0.2) is 0 Å². The van der Waals surface area contributed by atoms with E-state index in [-0.39, 0.29) is 0 Å². The van der Waals surface area contributed by atoms with Crippen molar-refractivity contribution in [3.8, 4) is 0 Å². The fourth-order valence-corrected chi connectivity index (χ4v) is 4.47. The number of hydrogen-bond donors (Lipinski definition) is 1. The van der Waals surface area contributed by atoms with Crippen molar-refractivity contribution in [2.45, 2.75) is 24.2 Å². The van der Waals surface area contributed by atoms with Crippen molar-refractivity contribution in [1.82, 2.24) is 4.31 Å². The van der Waals surface area contributed by atoms with Gasteiger partial charge in [-0.05, 0) is 36.4 Å². The van der Waals surface area contributed by atoms with Crippen molar-refractivity contribution in [3.63, 3.8) is 0 Å². The number of fused-ring (bicyclic) bond motifs is 1. The molecular formula is C15H18N2O2S. The van der Waals surface area contributed by atoms with Gasteiger partial charge in [-0.25, -0.2) is 8.42 Å². The number of nitrogen functional groups attached to an aromatic ring is 1. The highest BCUT2D eigenvalue weighted by atomic mass is 32.2. The van der Waals surface area contributed by atoms with Gasteiger partial charge < -0.3 is 5.73 Å². The lowest BCUT2D eigenvalue weighted by molar-refractivity contribution is 0.347. The van der Waals surface area contributed by atoms with Gasteiger partial charge >= 0.3 is 0 Å². The van der Waals surface area contributed by atoms with Crippen molar-refractivity contribution in [2.24, 2.45) is 0 Å². The Kier molecular flexibility index (Phi) is 3.40. The Morgan fingerprint density at radius 1 is 1.00 bits per heavy atom. The molecule has 2 aromatic carbocycles. The minimum absolute atomic E-state index is 0.386. The maximum Gasteiger partial charge on any atom is 0.243 e. The van der Waals surface area contributed by atoms with Crippen LogP contribution in [0.2, 0.25) is 0 Å². The van der Waals surface area contributed by atoms with Crippen molar-refractivity contribution < 1.29 is 8.42 Å². The highest BCUT2D eigenvalue weighted by Gasteiger charge is 2.27. The van der Waals surface area contributed by atoms with Crippen molar-refractivity contribution in [2.75, 3.05) is 18.8 Å². The van der Waals surface area contributed by atoms with Crippen molar-refractivity contribution >= 4 is 26.5 Å². The molecule has 1 heterocycles. The molecule has 3 rings (SSSR count). The molecule has 1 aliphatic heterocycles. The number of piperidine rings is 1. The van der Waals surface area contributed by atoms with E-state index in [4.69, 9.17) is 5.73 Å². The number of sulfonamides is 1. The summed E-state index contributed by atoms with van der Waals surface area (Å²) >= 11 is 0. The standard InChI is InChI=1S/C15H18N2O2S/c16-13-7-8-14-12(11-13)5-4-6-15(14)20(18,19)17-9-2-1-3-10-17/h4-8,11H,1-3,9-10,16H2. The zero-order valence-corrected chi connectivity index (χ0v) is 12.1. The fourth-order valence-electron chi connectivity index (χ4n) is 2.74. The predicted octanol–water partition coefficient (Wildman–Crippen LogP) is 2.60. The summed E-state index contributed by atoms with van der Waals surface area (Å²) in [7, 11) is -3.41. The van der Waals surface area contributed by atoms with Crippen LogP contribution in [-0.2, 0) is 10.0 Å². The normalized spacial score (nSPS) is 17.4. The van der Waals surface area contributed by atoms with Crippen LogP contribution in [0.25, 0.3) is 10.8 Å². The molecule has 20 heavy (non-hydrogen) atoms. The van der Waals surface area contributed by atoms with Gasteiger partial charge in [0.2, 0.25) is 10.0 Å². The van der Waals surface area contributed by atoms with Gasteiger partial charge in [-0.3, -0.25) is 0 Å². The molecular weight excluding hydrogens is 272 g/mol. The molecule has 1 fully saturated rings. The SMILES string of the molecule is Nc1ccc2c(S(=O)(=O)N3CCCCC3)cccc2c1. The zero-order chi connectivity index (χ0) is 14.2. The van der Waals surface area contributed by atoms with Gasteiger partial charge in [0, 0.05) is 24.2 Å². The Morgan fingerprint density at radius 3 is 2.50 bits per heavy atom. The first kappa shape index (κ1) is 13.4. The van der Waals surface area contributed by atoms with E-state index in [1.54, 1.807) is 28.6 Å². The number of benzene rings is 2. The maximum absolute atomic E-state index is 12.8. The average molecular weight is 290 g/mol.